The SMILES string of the molecule is O=C(O)C1CSC(S(=O)(=O)O)N1. The first-order chi connectivity index (χ1) is 5.41. The highest BCUT2D eigenvalue weighted by Crippen LogP contribution is 2.22. The lowest BCUT2D eigenvalue weighted by Crippen LogP contribution is -2.39. The fraction of sp³-hybridized carbons (Fsp3) is 0.750. The van der Waals surface area contributed by atoms with Crippen LogP contribution in [-0.2, 0) is 14.9 Å². The topological polar surface area (TPSA) is 104 Å². The third kappa shape index (κ3) is 2.09. The van der Waals surface area contributed by atoms with E-state index in [2.05, 4.69) is 5.32 Å². The Bertz CT molecular complexity index is 286. The van der Waals surface area contributed by atoms with E-state index in [9.17, 15) is 13.2 Å². The van der Waals surface area contributed by atoms with Crippen molar-refractivity contribution in [1.82, 2.24) is 5.32 Å². The first-order valence-corrected chi connectivity index (χ1v) is 5.53. The van der Waals surface area contributed by atoms with E-state index in [1.54, 1.807) is 0 Å². The quantitative estimate of drug-likeness (QED) is 0.503. The van der Waals surface area contributed by atoms with E-state index in [0.717, 1.165) is 11.8 Å². The molecule has 0 aromatic rings. The van der Waals surface area contributed by atoms with Gasteiger partial charge in [0, 0.05) is 5.75 Å². The standard InChI is InChI=1S/C4H7NO5S2/c6-3(7)2-1-11-4(5-2)12(8,9)10/h2,4-5H,1H2,(H,6,7)(H,8,9,10). The van der Waals surface area contributed by atoms with Gasteiger partial charge in [0.25, 0.3) is 10.1 Å². The molecule has 1 aliphatic rings. The second-order valence-electron chi connectivity index (χ2n) is 2.24. The van der Waals surface area contributed by atoms with E-state index >= 15 is 0 Å². The molecule has 12 heavy (non-hydrogen) atoms. The smallest absolute Gasteiger partial charge is 0.321 e. The Labute approximate surface area is 73.1 Å². The van der Waals surface area contributed by atoms with Gasteiger partial charge in [-0.3, -0.25) is 14.7 Å². The molecule has 8 heteroatoms. The summed E-state index contributed by atoms with van der Waals surface area (Å²) in [6.45, 7) is 0. The van der Waals surface area contributed by atoms with Crippen molar-refractivity contribution in [1.29, 1.82) is 0 Å². The molecular weight excluding hydrogens is 206 g/mol. The Hall–Kier alpha value is -0.310. The molecule has 1 aliphatic heterocycles. The fourth-order valence-corrected chi connectivity index (χ4v) is 2.89. The van der Waals surface area contributed by atoms with E-state index in [0.29, 0.717) is 0 Å². The average Bonchev–Trinajstić information content (AvgIpc) is 2.30. The van der Waals surface area contributed by atoms with Crippen molar-refractivity contribution in [3.05, 3.63) is 0 Å². The van der Waals surface area contributed by atoms with Crippen molar-refractivity contribution in [3.8, 4) is 0 Å². The highest BCUT2D eigenvalue weighted by atomic mass is 32.3. The minimum atomic E-state index is -4.18. The molecule has 6 nitrogen and oxygen atoms in total. The van der Waals surface area contributed by atoms with Gasteiger partial charge in [0.2, 0.25) is 0 Å². The normalized spacial score (nSPS) is 30.4. The predicted molar refractivity (Wildman–Crippen MR) is 42.4 cm³/mol. The molecule has 1 saturated heterocycles. The Morgan fingerprint density at radius 3 is 2.42 bits per heavy atom. The zero-order chi connectivity index (χ0) is 9.35. The van der Waals surface area contributed by atoms with E-state index < -0.39 is 26.8 Å². The minimum Gasteiger partial charge on any atom is -0.480 e. The molecule has 1 fully saturated rings. The van der Waals surface area contributed by atoms with Crippen LogP contribution in [0.1, 0.15) is 0 Å². The van der Waals surface area contributed by atoms with E-state index in [-0.39, 0.29) is 5.75 Å². The van der Waals surface area contributed by atoms with Gasteiger partial charge in [-0.2, -0.15) is 8.42 Å². The summed E-state index contributed by atoms with van der Waals surface area (Å²) in [5.74, 6) is -0.978. The van der Waals surface area contributed by atoms with Crippen molar-refractivity contribution in [2.24, 2.45) is 0 Å². The average molecular weight is 213 g/mol. The van der Waals surface area contributed by atoms with Gasteiger partial charge >= 0.3 is 5.97 Å². The Morgan fingerprint density at radius 1 is 1.58 bits per heavy atom. The van der Waals surface area contributed by atoms with Crippen LogP contribution in [0.3, 0.4) is 0 Å². The second kappa shape index (κ2) is 3.21. The van der Waals surface area contributed by atoms with Gasteiger partial charge < -0.3 is 5.11 Å². The lowest BCUT2D eigenvalue weighted by atomic mass is 10.4. The second-order valence-corrected chi connectivity index (χ2v) is 5.18. The monoisotopic (exact) mass is 213 g/mol. The highest BCUT2D eigenvalue weighted by molar-refractivity contribution is 8.11. The van der Waals surface area contributed by atoms with E-state index in [1.165, 1.54) is 0 Å². The van der Waals surface area contributed by atoms with Gasteiger partial charge in [-0.1, -0.05) is 0 Å². The largest absolute Gasteiger partial charge is 0.480 e. The van der Waals surface area contributed by atoms with Crippen LogP contribution in [0.5, 0.6) is 0 Å². The number of rotatable bonds is 2. The summed E-state index contributed by atoms with van der Waals surface area (Å²) in [6.07, 6.45) is 0. The predicted octanol–water partition coefficient (Wildman–Crippen LogP) is -1.05. The summed E-state index contributed by atoms with van der Waals surface area (Å²) in [4.78, 5) is 10.3. The molecule has 0 radical (unpaired) electrons. The van der Waals surface area contributed by atoms with Gasteiger partial charge in [-0.25, -0.2) is 0 Å². The van der Waals surface area contributed by atoms with Crippen LogP contribution in [0.2, 0.25) is 0 Å². The molecule has 0 spiro atoms. The molecule has 0 aromatic heterocycles. The van der Waals surface area contributed by atoms with Gasteiger partial charge in [-0.05, 0) is 0 Å². The van der Waals surface area contributed by atoms with Crippen molar-refractivity contribution in [2.75, 3.05) is 5.75 Å². The number of hydrogen-bond donors (Lipinski definition) is 3. The maximum atomic E-state index is 10.5. The lowest BCUT2D eigenvalue weighted by molar-refractivity contribution is -0.138. The first kappa shape index (κ1) is 9.78. The molecule has 0 saturated carbocycles. The van der Waals surface area contributed by atoms with Crippen LogP contribution in [0.25, 0.3) is 0 Å². The Kier molecular flexibility index (Phi) is 2.61. The summed E-state index contributed by atoms with van der Waals surface area (Å²) < 4.78 is 28.3. The van der Waals surface area contributed by atoms with Crippen LogP contribution in [0.15, 0.2) is 0 Å². The van der Waals surface area contributed by atoms with Crippen molar-refractivity contribution < 1.29 is 22.9 Å². The molecule has 0 aromatic carbocycles. The number of carbonyl (C=O) groups is 1. The maximum absolute atomic E-state index is 10.5. The molecule has 0 bridgehead atoms. The number of aliphatic carboxylic acids is 1. The van der Waals surface area contributed by atoms with Crippen LogP contribution in [-0.4, -0.2) is 40.5 Å². The first-order valence-electron chi connectivity index (χ1n) is 2.98. The number of thioether (sulfide) groups is 1. The summed E-state index contributed by atoms with van der Waals surface area (Å²) in [5, 5.41) is 10.7. The van der Waals surface area contributed by atoms with Crippen molar-refractivity contribution in [2.45, 2.75) is 10.7 Å². The molecular formula is C4H7NO5S2. The van der Waals surface area contributed by atoms with Crippen LogP contribution < -0.4 is 5.32 Å². The summed E-state index contributed by atoms with van der Waals surface area (Å²) in [7, 11) is -4.18. The maximum Gasteiger partial charge on any atom is 0.321 e. The summed E-state index contributed by atoms with van der Waals surface area (Å²) in [5.41, 5.74) is 0. The third-order valence-electron chi connectivity index (χ3n) is 1.32. The summed E-state index contributed by atoms with van der Waals surface area (Å²) >= 11 is 0.856. The van der Waals surface area contributed by atoms with Crippen LogP contribution in [0.4, 0.5) is 0 Å². The molecule has 2 unspecified atom stereocenters. The number of carboxylic acids is 1. The third-order valence-corrected chi connectivity index (χ3v) is 4.10. The van der Waals surface area contributed by atoms with E-state index in [4.69, 9.17) is 9.66 Å². The molecule has 1 rings (SSSR count). The molecule has 0 aliphatic carbocycles. The molecule has 3 N–H and O–H groups in total. The molecule has 1 heterocycles. The van der Waals surface area contributed by atoms with Crippen molar-refractivity contribution in [3.63, 3.8) is 0 Å². The van der Waals surface area contributed by atoms with Crippen LogP contribution in [0, 0.1) is 0 Å². The minimum absolute atomic E-state index is 0.139. The number of carboxylic acid groups (broad SMARTS) is 1. The Balaban J connectivity index is 2.64. The fourth-order valence-electron chi connectivity index (χ4n) is 0.759. The summed E-state index contributed by atoms with van der Waals surface area (Å²) in [6, 6.07) is -0.901. The zero-order valence-corrected chi connectivity index (χ0v) is 7.43. The van der Waals surface area contributed by atoms with Gasteiger partial charge in [0.1, 0.15) is 6.04 Å². The molecule has 70 valence electrons. The molecule has 0 amide bonds. The number of hydrogen-bond acceptors (Lipinski definition) is 5. The van der Waals surface area contributed by atoms with E-state index in [1.807, 2.05) is 0 Å². The van der Waals surface area contributed by atoms with Crippen molar-refractivity contribution >= 4 is 27.8 Å². The van der Waals surface area contributed by atoms with Gasteiger partial charge in [-0.15, -0.1) is 11.8 Å². The lowest BCUT2D eigenvalue weighted by Gasteiger charge is -2.05. The van der Waals surface area contributed by atoms with Gasteiger partial charge in [0.15, 0.2) is 4.71 Å². The van der Waals surface area contributed by atoms with Gasteiger partial charge in [0.05, 0.1) is 0 Å². The number of nitrogens with one attached hydrogen (secondary N) is 1. The highest BCUT2D eigenvalue weighted by Gasteiger charge is 2.36. The molecule has 2 atom stereocenters. The van der Waals surface area contributed by atoms with Crippen LogP contribution >= 0.6 is 11.8 Å². The Morgan fingerprint density at radius 2 is 2.17 bits per heavy atom. The zero-order valence-electron chi connectivity index (χ0n) is 5.80.